The number of amides is 1. The number of fused-ring (bicyclic) bond motifs is 1. The molecule has 4 nitrogen and oxygen atoms in total. The Kier molecular flexibility index (Phi) is 6.30. The highest BCUT2D eigenvalue weighted by Gasteiger charge is 2.34. The summed E-state index contributed by atoms with van der Waals surface area (Å²) in [6.07, 6.45) is 8.65. The van der Waals surface area contributed by atoms with Gasteiger partial charge in [0.2, 0.25) is 5.91 Å². The van der Waals surface area contributed by atoms with Gasteiger partial charge in [0.25, 0.3) is 0 Å². The Balaban J connectivity index is 1.63. The van der Waals surface area contributed by atoms with Crippen molar-refractivity contribution in [3.63, 3.8) is 0 Å². The van der Waals surface area contributed by atoms with Gasteiger partial charge in [0.05, 0.1) is 12.1 Å². The summed E-state index contributed by atoms with van der Waals surface area (Å²) in [6.45, 7) is 5.51. The van der Waals surface area contributed by atoms with Crippen LogP contribution in [0.25, 0.3) is 0 Å². The third kappa shape index (κ3) is 4.74. The molecule has 0 radical (unpaired) electrons. The fourth-order valence-corrected chi connectivity index (χ4v) is 3.43. The van der Waals surface area contributed by atoms with Crippen molar-refractivity contribution in [3.8, 4) is 0 Å². The van der Waals surface area contributed by atoms with Crippen LogP contribution in [0.3, 0.4) is 0 Å². The van der Waals surface area contributed by atoms with E-state index in [0.29, 0.717) is 6.04 Å². The zero-order valence-corrected chi connectivity index (χ0v) is 13.0. The Morgan fingerprint density at radius 1 is 1.25 bits per heavy atom. The van der Waals surface area contributed by atoms with E-state index >= 15 is 0 Å². The van der Waals surface area contributed by atoms with Crippen LogP contribution in [0.5, 0.6) is 0 Å². The molecule has 1 amide bonds. The number of rotatable bonds is 6. The second kappa shape index (κ2) is 7.99. The molecule has 0 aromatic heterocycles. The van der Waals surface area contributed by atoms with Crippen molar-refractivity contribution in [1.82, 2.24) is 10.6 Å². The lowest BCUT2D eigenvalue weighted by atomic mass is 9.77. The second-order valence-corrected chi connectivity index (χ2v) is 6.51. The topological polar surface area (TPSA) is 50.4 Å². The predicted octanol–water partition coefficient (Wildman–Crippen LogP) is 2.23. The third-order valence-electron chi connectivity index (χ3n) is 4.54. The van der Waals surface area contributed by atoms with E-state index in [0.717, 1.165) is 31.9 Å². The lowest BCUT2D eigenvalue weighted by Crippen LogP contribution is -2.55. The Labute approximate surface area is 123 Å². The van der Waals surface area contributed by atoms with Crippen molar-refractivity contribution in [2.75, 3.05) is 13.2 Å². The standard InChI is InChI=1S/C16H30N2O2/c1-12(2)20-11-5-10-17-16(19)15-9-8-13-6-3-4-7-14(13)18-15/h12-15,18H,3-11H2,1-2H3,(H,17,19). The Morgan fingerprint density at radius 2 is 2.05 bits per heavy atom. The van der Waals surface area contributed by atoms with Crippen molar-refractivity contribution in [1.29, 1.82) is 0 Å². The van der Waals surface area contributed by atoms with Gasteiger partial charge in [-0.25, -0.2) is 0 Å². The van der Waals surface area contributed by atoms with E-state index in [1.54, 1.807) is 0 Å². The van der Waals surface area contributed by atoms with Crippen LogP contribution in [-0.2, 0) is 9.53 Å². The first-order valence-electron chi connectivity index (χ1n) is 8.32. The average Bonchev–Trinajstić information content (AvgIpc) is 2.46. The van der Waals surface area contributed by atoms with Crippen LogP contribution in [0.15, 0.2) is 0 Å². The van der Waals surface area contributed by atoms with E-state index in [2.05, 4.69) is 10.6 Å². The third-order valence-corrected chi connectivity index (χ3v) is 4.54. The zero-order chi connectivity index (χ0) is 14.4. The normalized spacial score (nSPS) is 30.1. The second-order valence-electron chi connectivity index (χ2n) is 6.51. The molecule has 20 heavy (non-hydrogen) atoms. The number of carbonyl (C=O) groups excluding carboxylic acids is 1. The monoisotopic (exact) mass is 282 g/mol. The molecule has 116 valence electrons. The summed E-state index contributed by atoms with van der Waals surface area (Å²) in [7, 11) is 0. The van der Waals surface area contributed by atoms with Crippen LogP contribution >= 0.6 is 0 Å². The minimum atomic E-state index is 0.0281. The minimum Gasteiger partial charge on any atom is -0.379 e. The molecule has 4 heteroatoms. The van der Waals surface area contributed by atoms with Gasteiger partial charge in [-0.05, 0) is 51.9 Å². The molecule has 2 aliphatic rings. The molecule has 1 aliphatic carbocycles. The van der Waals surface area contributed by atoms with E-state index < -0.39 is 0 Å². The molecule has 2 N–H and O–H groups in total. The summed E-state index contributed by atoms with van der Waals surface area (Å²) in [5.41, 5.74) is 0. The summed E-state index contributed by atoms with van der Waals surface area (Å²) in [4.78, 5) is 12.2. The molecule has 0 aromatic rings. The maximum Gasteiger partial charge on any atom is 0.237 e. The predicted molar refractivity (Wildman–Crippen MR) is 80.6 cm³/mol. The van der Waals surface area contributed by atoms with Crippen molar-refractivity contribution >= 4 is 5.91 Å². The van der Waals surface area contributed by atoms with Gasteiger partial charge in [0.15, 0.2) is 0 Å². The number of hydrogen-bond acceptors (Lipinski definition) is 3. The summed E-state index contributed by atoms with van der Waals surface area (Å²) in [5.74, 6) is 0.991. The van der Waals surface area contributed by atoms with Crippen LogP contribution in [0.2, 0.25) is 0 Å². The summed E-state index contributed by atoms with van der Waals surface area (Å²) in [6, 6.07) is 0.609. The van der Waals surface area contributed by atoms with Crippen LogP contribution in [-0.4, -0.2) is 37.2 Å². The minimum absolute atomic E-state index is 0.0281. The first-order chi connectivity index (χ1) is 9.66. The van der Waals surface area contributed by atoms with E-state index in [1.165, 1.54) is 32.1 Å². The van der Waals surface area contributed by atoms with E-state index in [1.807, 2.05) is 13.8 Å². The molecule has 2 rings (SSSR count). The highest BCUT2D eigenvalue weighted by atomic mass is 16.5. The zero-order valence-electron chi connectivity index (χ0n) is 13.0. The first-order valence-corrected chi connectivity index (χ1v) is 8.32. The molecule has 1 aliphatic heterocycles. The van der Waals surface area contributed by atoms with Gasteiger partial charge in [0, 0.05) is 19.2 Å². The van der Waals surface area contributed by atoms with E-state index in [-0.39, 0.29) is 18.1 Å². The molecular formula is C16H30N2O2. The van der Waals surface area contributed by atoms with Gasteiger partial charge in [0.1, 0.15) is 0 Å². The molecule has 1 saturated heterocycles. The van der Waals surface area contributed by atoms with Gasteiger partial charge in [-0.1, -0.05) is 12.8 Å². The molecular weight excluding hydrogens is 252 g/mol. The number of carbonyl (C=O) groups is 1. The van der Waals surface area contributed by atoms with Gasteiger partial charge < -0.3 is 15.4 Å². The Hall–Kier alpha value is -0.610. The lowest BCUT2D eigenvalue weighted by molar-refractivity contribution is -0.124. The van der Waals surface area contributed by atoms with Crippen LogP contribution in [0.1, 0.15) is 58.8 Å². The van der Waals surface area contributed by atoms with Gasteiger partial charge >= 0.3 is 0 Å². The molecule has 0 bridgehead atoms. The molecule has 1 heterocycles. The largest absolute Gasteiger partial charge is 0.379 e. The Bertz CT molecular complexity index is 307. The van der Waals surface area contributed by atoms with E-state index in [4.69, 9.17) is 4.74 Å². The van der Waals surface area contributed by atoms with Gasteiger partial charge in [-0.3, -0.25) is 4.79 Å². The molecule has 2 fully saturated rings. The summed E-state index contributed by atoms with van der Waals surface area (Å²) >= 11 is 0. The number of hydrogen-bond donors (Lipinski definition) is 2. The maximum absolute atomic E-state index is 12.2. The lowest BCUT2D eigenvalue weighted by Gasteiger charge is -2.39. The molecule has 1 saturated carbocycles. The highest BCUT2D eigenvalue weighted by molar-refractivity contribution is 5.81. The quantitative estimate of drug-likeness (QED) is 0.735. The highest BCUT2D eigenvalue weighted by Crippen LogP contribution is 2.32. The smallest absolute Gasteiger partial charge is 0.237 e. The number of piperidine rings is 1. The fraction of sp³-hybridized carbons (Fsp3) is 0.938. The average molecular weight is 282 g/mol. The van der Waals surface area contributed by atoms with Crippen molar-refractivity contribution in [3.05, 3.63) is 0 Å². The fourth-order valence-electron chi connectivity index (χ4n) is 3.43. The molecule has 3 atom stereocenters. The van der Waals surface area contributed by atoms with Crippen LogP contribution in [0, 0.1) is 5.92 Å². The van der Waals surface area contributed by atoms with Gasteiger partial charge in [-0.15, -0.1) is 0 Å². The summed E-state index contributed by atoms with van der Waals surface area (Å²) < 4.78 is 5.47. The summed E-state index contributed by atoms with van der Waals surface area (Å²) in [5, 5.41) is 6.61. The molecule has 0 spiro atoms. The first kappa shape index (κ1) is 15.8. The number of ether oxygens (including phenoxy) is 1. The maximum atomic E-state index is 12.2. The van der Waals surface area contributed by atoms with Crippen molar-refractivity contribution < 1.29 is 9.53 Å². The van der Waals surface area contributed by atoms with Gasteiger partial charge in [-0.2, -0.15) is 0 Å². The van der Waals surface area contributed by atoms with Crippen LogP contribution < -0.4 is 10.6 Å². The van der Waals surface area contributed by atoms with Crippen LogP contribution in [0.4, 0.5) is 0 Å². The molecule has 0 aromatic carbocycles. The number of nitrogens with one attached hydrogen (secondary N) is 2. The molecule has 3 unspecified atom stereocenters. The Morgan fingerprint density at radius 3 is 2.85 bits per heavy atom. The SMILES string of the molecule is CC(C)OCCCNC(=O)C1CCC2CCCCC2N1. The van der Waals surface area contributed by atoms with E-state index in [9.17, 15) is 4.79 Å². The van der Waals surface area contributed by atoms with Crippen molar-refractivity contribution in [2.24, 2.45) is 5.92 Å². The van der Waals surface area contributed by atoms with Crippen molar-refractivity contribution in [2.45, 2.75) is 77.0 Å².